The second-order valence-corrected chi connectivity index (χ2v) is 3.68. The highest BCUT2D eigenvalue weighted by Gasteiger charge is 2.14. The Morgan fingerprint density at radius 2 is 2.27 bits per heavy atom. The van der Waals surface area contributed by atoms with Crippen LogP contribution in [-0.4, -0.2) is 29.7 Å². The monoisotopic (exact) mass is 211 g/mol. The maximum Gasteiger partial charge on any atom is 0.253 e. The Kier molecular flexibility index (Phi) is 3.45. The van der Waals surface area contributed by atoms with E-state index in [1.807, 2.05) is 0 Å². The summed E-state index contributed by atoms with van der Waals surface area (Å²) < 4.78 is 18.4. The van der Waals surface area contributed by atoms with Crippen molar-refractivity contribution in [2.45, 2.75) is 12.8 Å². The Hall–Kier alpha value is -1.23. The van der Waals surface area contributed by atoms with Gasteiger partial charge in [-0.2, -0.15) is 9.37 Å². The molecule has 2 rings (SSSR count). The van der Waals surface area contributed by atoms with Crippen LogP contribution in [0.3, 0.4) is 0 Å². The third kappa shape index (κ3) is 2.86. The molecule has 82 valence electrons. The van der Waals surface area contributed by atoms with Gasteiger partial charge in [-0.3, -0.25) is 0 Å². The molecule has 1 fully saturated rings. The summed E-state index contributed by atoms with van der Waals surface area (Å²) in [6, 6.07) is 0. The Labute approximate surface area is 87.9 Å². The van der Waals surface area contributed by atoms with E-state index < -0.39 is 5.82 Å². The number of hydrogen-bond donors (Lipinski definition) is 1. The fourth-order valence-corrected chi connectivity index (χ4v) is 1.65. The largest absolute Gasteiger partial charge is 0.475 e. The van der Waals surface area contributed by atoms with Crippen LogP contribution >= 0.6 is 0 Å². The van der Waals surface area contributed by atoms with Gasteiger partial charge in [0.2, 0.25) is 5.82 Å². The van der Waals surface area contributed by atoms with Gasteiger partial charge in [-0.25, -0.2) is 4.98 Å². The molecule has 5 heteroatoms. The van der Waals surface area contributed by atoms with Crippen molar-refractivity contribution in [1.29, 1.82) is 0 Å². The zero-order chi connectivity index (χ0) is 10.5. The maximum absolute atomic E-state index is 13.1. The SMILES string of the molecule is Fc1cncnc1OCC1CCNCC1. The van der Waals surface area contributed by atoms with E-state index in [4.69, 9.17) is 4.74 Å². The predicted octanol–water partition coefficient (Wildman–Crippen LogP) is 0.994. The molecule has 0 unspecified atom stereocenters. The normalized spacial score (nSPS) is 17.7. The summed E-state index contributed by atoms with van der Waals surface area (Å²) in [6.07, 6.45) is 4.56. The first-order valence-electron chi connectivity index (χ1n) is 5.15. The number of aromatic nitrogens is 2. The molecule has 1 aromatic rings. The molecule has 0 saturated carbocycles. The molecule has 0 aliphatic carbocycles. The van der Waals surface area contributed by atoms with Gasteiger partial charge < -0.3 is 10.1 Å². The summed E-state index contributed by atoms with van der Waals surface area (Å²) in [4.78, 5) is 7.30. The minimum absolute atomic E-state index is 0.0588. The van der Waals surface area contributed by atoms with E-state index in [-0.39, 0.29) is 5.88 Å². The van der Waals surface area contributed by atoms with E-state index in [1.165, 1.54) is 6.33 Å². The minimum Gasteiger partial charge on any atom is -0.475 e. The lowest BCUT2D eigenvalue weighted by molar-refractivity contribution is 0.201. The van der Waals surface area contributed by atoms with Crippen LogP contribution in [0.5, 0.6) is 5.88 Å². The summed E-state index contributed by atoms with van der Waals surface area (Å²) in [6.45, 7) is 2.57. The van der Waals surface area contributed by atoms with Crippen LogP contribution in [0, 0.1) is 11.7 Å². The molecule has 0 spiro atoms. The Bertz CT molecular complexity index is 315. The highest BCUT2D eigenvalue weighted by atomic mass is 19.1. The first kappa shape index (κ1) is 10.3. The van der Waals surface area contributed by atoms with Crippen LogP contribution in [0.25, 0.3) is 0 Å². The van der Waals surface area contributed by atoms with Crippen LogP contribution in [0.4, 0.5) is 4.39 Å². The van der Waals surface area contributed by atoms with E-state index in [2.05, 4.69) is 15.3 Å². The van der Waals surface area contributed by atoms with Crippen LogP contribution in [0.15, 0.2) is 12.5 Å². The lowest BCUT2D eigenvalue weighted by Gasteiger charge is -2.22. The molecule has 1 saturated heterocycles. The van der Waals surface area contributed by atoms with Crippen molar-refractivity contribution < 1.29 is 9.13 Å². The van der Waals surface area contributed by atoms with Crippen LogP contribution in [0.1, 0.15) is 12.8 Å². The van der Waals surface area contributed by atoms with Crippen molar-refractivity contribution in [2.24, 2.45) is 5.92 Å². The fraction of sp³-hybridized carbons (Fsp3) is 0.600. The third-order valence-corrected chi connectivity index (χ3v) is 2.55. The average molecular weight is 211 g/mol. The first-order valence-corrected chi connectivity index (χ1v) is 5.15. The van der Waals surface area contributed by atoms with E-state index in [0.717, 1.165) is 32.1 Å². The van der Waals surface area contributed by atoms with Crippen molar-refractivity contribution in [3.05, 3.63) is 18.3 Å². The van der Waals surface area contributed by atoms with Crippen molar-refractivity contribution in [3.63, 3.8) is 0 Å². The number of nitrogens with zero attached hydrogens (tertiary/aromatic N) is 2. The summed E-state index contributed by atoms with van der Waals surface area (Å²) >= 11 is 0. The summed E-state index contributed by atoms with van der Waals surface area (Å²) in [5.41, 5.74) is 0. The van der Waals surface area contributed by atoms with Gasteiger partial charge in [-0.05, 0) is 31.8 Å². The zero-order valence-corrected chi connectivity index (χ0v) is 8.45. The predicted molar refractivity (Wildman–Crippen MR) is 53.1 cm³/mol. The molecule has 1 N–H and O–H groups in total. The molecule has 4 nitrogen and oxygen atoms in total. The van der Waals surface area contributed by atoms with Gasteiger partial charge in [0.1, 0.15) is 6.33 Å². The number of nitrogens with one attached hydrogen (secondary N) is 1. The van der Waals surface area contributed by atoms with Crippen LogP contribution < -0.4 is 10.1 Å². The van der Waals surface area contributed by atoms with Gasteiger partial charge >= 0.3 is 0 Å². The molecule has 15 heavy (non-hydrogen) atoms. The van der Waals surface area contributed by atoms with Gasteiger partial charge in [0.15, 0.2) is 0 Å². The Morgan fingerprint density at radius 3 is 3.00 bits per heavy atom. The quantitative estimate of drug-likeness (QED) is 0.810. The topological polar surface area (TPSA) is 47.0 Å². The molecule has 1 aliphatic heterocycles. The van der Waals surface area contributed by atoms with Gasteiger partial charge in [0.25, 0.3) is 5.88 Å². The van der Waals surface area contributed by atoms with Crippen molar-refractivity contribution >= 4 is 0 Å². The van der Waals surface area contributed by atoms with Gasteiger partial charge in [-0.15, -0.1) is 0 Å². The summed E-state index contributed by atoms with van der Waals surface area (Å²) in [7, 11) is 0. The van der Waals surface area contributed by atoms with Crippen molar-refractivity contribution in [2.75, 3.05) is 19.7 Å². The van der Waals surface area contributed by atoms with Crippen molar-refractivity contribution in [3.8, 4) is 5.88 Å². The maximum atomic E-state index is 13.1. The summed E-state index contributed by atoms with van der Waals surface area (Å²) in [5.74, 6) is 0.0654. The Balaban J connectivity index is 1.84. The van der Waals surface area contributed by atoms with Crippen LogP contribution in [0.2, 0.25) is 0 Å². The van der Waals surface area contributed by atoms with E-state index in [0.29, 0.717) is 12.5 Å². The molecule has 0 aromatic carbocycles. The lowest BCUT2D eigenvalue weighted by atomic mass is 9.99. The highest BCUT2D eigenvalue weighted by molar-refractivity contribution is 5.08. The third-order valence-electron chi connectivity index (χ3n) is 2.55. The summed E-state index contributed by atoms with van der Waals surface area (Å²) in [5, 5.41) is 3.27. The van der Waals surface area contributed by atoms with Crippen molar-refractivity contribution in [1.82, 2.24) is 15.3 Å². The second-order valence-electron chi connectivity index (χ2n) is 3.68. The molecule has 1 aromatic heterocycles. The Morgan fingerprint density at radius 1 is 1.47 bits per heavy atom. The smallest absolute Gasteiger partial charge is 0.253 e. The number of halogens is 1. The number of rotatable bonds is 3. The van der Waals surface area contributed by atoms with Gasteiger partial charge in [0, 0.05) is 0 Å². The molecule has 0 atom stereocenters. The molecule has 0 amide bonds. The van der Waals surface area contributed by atoms with E-state index in [1.54, 1.807) is 0 Å². The molecule has 1 aliphatic rings. The minimum atomic E-state index is -0.494. The molecule has 0 bridgehead atoms. The van der Waals surface area contributed by atoms with Gasteiger partial charge in [-0.1, -0.05) is 0 Å². The lowest BCUT2D eigenvalue weighted by Crippen LogP contribution is -2.30. The van der Waals surface area contributed by atoms with Crippen LogP contribution in [-0.2, 0) is 0 Å². The number of ether oxygens (including phenoxy) is 1. The van der Waals surface area contributed by atoms with E-state index >= 15 is 0 Å². The molecular formula is C10H14FN3O. The molecule has 2 heterocycles. The molecule has 0 radical (unpaired) electrons. The number of hydrogen-bond acceptors (Lipinski definition) is 4. The zero-order valence-electron chi connectivity index (χ0n) is 8.45. The highest BCUT2D eigenvalue weighted by Crippen LogP contribution is 2.15. The fourth-order valence-electron chi connectivity index (χ4n) is 1.65. The molecular weight excluding hydrogens is 197 g/mol. The standard InChI is InChI=1S/C10H14FN3O/c11-9-5-13-7-14-10(9)15-6-8-1-3-12-4-2-8/h5,7-8,12H,1-4,6H2. The second kappa shape index (κ2) is 5.02. The first-order chi connectivity index (χ1) is 7.36. The van der Waals surface area contributed by atoms with E-state index in [9.17, 15) is 4.39 Å². The van der Waals surface area contributed by atoms with Gasteiger partial charge in [0.05, 0.1) is 12.8 Å². The average Bonchev–Trinajstić information content (AvgIpc) is 2.29. The number of piperidine rings is 1.